The molecular formula is C15H13N3OS2. The highest BCUT2D eigenvalue weighted by atomic mass is 32.2. The van der Waals surface area contributed by atoms with Crippen LogP contribution in [-0.2, 0) is 0 Å². The molecule has 3 rings (SSSR count). The van der Waals surface area contributed by atoms with Crippen LogP contribution in [0.3, 0.4) is 0 Å². The molecule has 1 N–H and O–H groups in total. The smallest absolute Gasteiger partial charge is 0.173 e. The minimum Gasteiger partial charge on any atom is -0.293 e. The Morgan fingerprint density at radius 3 is 2.76 bits per heavy atom. The number of aromatic nitrogens is 1. The van der Waals surface area contributed by atoms with Gasteiger partial charge in [-0.15, -0.1) is 0 Å². The third kappa shape index (κ3) is 3.65. The second kappa shape index (κ2) is 6.78. The summed E-state index contributed by atoms with van der Waals surface area (Å²) in [5, 5.41) is 4.29. The third-order valence-electron chi connectivity index (χ3n) is 2.87. The molecular weight excluding hydrogens is 302 g/mol. The van der Waals surface area contributed by atoms with Gasteiger partial charge in [0.25, 0.3) is 0 Å². The van der Waals surface area contributed by atoms with Crippen LogP contribution in [0, 0.1) is 0 Å². The van der Waals surface area contributed by atoms with Gasteiger partial charge in [-0.1, -0.05) is 59.9 Å². The lowest BCUT2D eigenvalue weighted by Crippen LogP contribution is -2.07. The van der Waals surface area contributed by atoms with Gasteiger partial charge in [-0.3, -0.25) is 15.2 Å². The minimum atomic E-state index is 0.0283. The average molecular weight is 315 g/mol. The standard InChI is InChI=1S/C15H13N3OS2/c19-13(11-6-2-1-3-7-11)10-20-15-18-17-14(21-15)12-8-4-5-9-16-12/h1-9,14,17H,10H2/t14-/m1/s1. The molecule has 1 aromatic heterocycles. The number of benzene rings is 1. The Balaban J connectivity index is 1.53. The fraction of sp³-hybridized carbons (Fsp3) is 0.133. The predicted molar refractivity (Wildman–Crippen MR) is 88.4 cm³/mol. The zero-order valence-corrected chi connectivity index (χ0v) is 12.7. The first-order valence-electron chi connectivity index (χ1n) is 6.45. The van der Waals surface area contributed by atoms with Gasteiger partial charge in [0, 0.05) is 11.8 Å². The highest BCUT2D eigenvalue weighted by molar-refractivity contribution is 8.39. The van der Waals surface area contributed by atoms with Crippen LogP contribution >= 0.6 is 23.5 Å². The van der Waals surface area contributed by atoms with E-state index in [1.807, 2.05) is 48.5 Å². The molecule has 0 saturated heterocycles. The number of ketones is 1. The summed E-state index contributed by atoms with van der Waals surface area (Å²) in [6.45, 7) is 0. The number of hydrogen-bond donors (Lipinski definition) is 1. The molecule has 2 aromatic rings. The predicted octanol–water partition coefficient (Wildman–Crippen LogP) is 3.30. The summed E-state index contributed by atoms with van der Waals surface area (Å²) >= 11 is 3.05. The average Bonchev–Trinajstić information content (AvgIpc) is 3.03. The zero-order valence-electron chi connectivity index (χ0n) is 11.1. The number of rotatable bonds is 4. The van der Waals surface area contributed by atoms with E-state index in [4.69, 9.17) is 0 Å². The van der Waals surface area contributed by atoms with Gasteiger partial charge >= 0.3 is 0 Å². The maximum absolute atomic E-state index is 12.0. The van der Waals surface area contributed by atoms with Crippen LogP contribution in [0.15, 0.2) is 59.8 Å². The lowest BCUT2D eigenvalue weighted by Gasteiger charge is -2.07. The van der Waals surface area contributed by atoms with E-state index in [9.17, 15) is 4.79 Å². The number of nitrogens with zero attached hydrogens (tertiary/aromatic N) is 2. The van der Waals surface area contributed by atoms with Gasteiger partial charge in [0.05, 0.1) is 11.4 Å². The Labute approximate surface area is 131 Å². The second-order valence-electron chi connectivity index (χ2n) is 4.34. The van der Waals surface area contributed by atoms with Gasteiger partial charge in [-0.05, 0) is 12.1 Å². The second-order valence-corrected chi connectivity index (χ2v) is 6.65. The Morgan fingerprint density at radius 1 is 1.19 bits per heavy atom. The number of carbonyl (C=O) groups is 1. The number of thioether (sulfide) groups is 2. The molecule has 4 nitrogen and oxygen atoms in total. The molecule has 0 bridgehead atoms. The van der Waals surface area contributed by atoms with Crippen molar-refractivity contribution in [1.29, 1.82) is 0 Å². The summed E-state index contributed by atoms with van der Waals surface area (Å²) in [4.78, 5) is 16.3. The van der Waals surface area contributed by atoms with Gasteiger partial charge < -0.3 is 0 Å². The monoisotopic (exact) mass is 315 g/mol. The number of hydrogen-bond acceptors (Lipinski definition) is 6. The molecule has 0 saturated carbocycles. The fourth-order valence-corrected chi connectivity index (χ4v) is 3.77. The first-order valence-corrected chi connectivity index (χ1v) is 8.31. The summed E-state index contributed by atoms with van der Waals surface area (Å²) < 4.78 is 0.870. The molecule has 21 heavy (non-hydrogen) atoms. The molecule has 0 radical (unpaired) electrons. The van der Waals surface area contributed by atoms with E-state index in [-0.39, 0.29) is 11.2 Å². The van der Waals surface area contributed by atoms with Crippen molar-refractivity contribution in [1.82, 2.24) is 10.4 Å². The van der Waals surface area contributed by atoms with Gasteiger partial charge in [0.1, 0.15) is 5.37 Å². The normalized spacial score (nSPS) is 17.1. The summed E-state index contributed by atoms with van der Waals surface area (Å²) in [5.74, 6) is 0.511. The van der Waals surface area contributed by atoms with Crippen LogP contribution in [0.25, 0.3) is 0 Å². The number of nitrogens with one attached hydrogen (secondary N) is 1. The SMILES string of the molecule is O=C(CSC1=NN[C@@H](c2ccccn2)S1)c1ccccc1. The van der Waals surface area contributed by atoms with E-state index in [1.54, 1.807) is 18.0 Å². The van der Waals surface area contributed by atoms with E-state index < -0.39 is 0 Å². The molecule has 0 unspecified atom stereocenters. The fourth-order valence-electron chi connectivity index (χ4n) is 1.82. The summed E-state index contributed by atoms with van der Waals surface area (Å²) in [6.07, 6.45) is 1.77. The molecule has 6 heteroatoms. The summed E-state index contributed by atoms with van der Waals surface area (Å²) in [5.41, 5.74) is 4.72. The molecule has 0 spiro atoms. The third-order valence-corrected chi connectivity index (χ3v) is 5.13. The minimum absolute atomic E-state index is 0.0283. The Kier molecular flexibility index (Phi) is 4.57. The highest BCUT2D eigenvalue weighted by Crippen LogP contribution is 2.34. The number of Topliss-reactive ketones (excluding diaryl/α,β-unsaturated/α-hetero) is 1. The highest BCUT2D eigenvalue weighted by Gasteiger charge is 2.22. The van der Waals surface area contributed by atoms with E-state index in [0.717, 1.165) is 15.6 Å². The van der Waals surface area contributed by atoms with Crippen LogP contribution in [-0.4, -0.2) is 20.9 Å². The Bertz CT molecular complexity index is 646. The van der Waals surface area contributed by atoms with Crippen molar-refractivity contribution in [2.24, 2.45) is 5.10 Å². The van der Waals surface area contributed by atoms with E-state index in [0.29, 0.717) is 5.75 Å². The summed E-state index contributed by atoms with van der Waals surface area (Å²) in [7, 11) is 0. The number of pyridine rings is 1. The topological polar surface area (TPSA) is 54.4 Å². The van der Waals surface area contributed by atoms with Crippen LogP contribution in [0.5, 0.6) is 0 Å². The molecule has 2 heterocycles. The molecule has 0 amide bonds. The van der Waals surface area contributed by atoms with Gasteiger partial charge in [-0.2, -0.15) is 5.10 Å². The van der Waals surface area contributed by atoms with Crippen LogP contribution in [0.1, 0.15) is 21.4 Å². The van der Waals surface area contributed by atoms with Gasteiger partial charge in [0.2, 0.25) is 0 Å². The van der Waals surface area contributed by atoms with E-state index in [2.05, 4.69) is 15.5 Å². The zero-order chi connectivity index (χ0) is 14.5. The van der Waals surface area contributed by atoms with E-state index in [1.165, 1.54) is 11.8 Å². The van der Waals surface area contributed by atoms with E-state index >= 15 is 0 Å². The van der Waals surface area contributed by atoms with Crippen molar-refractivity contribution >= 4 is 33.7 Å². The molecule has 1 aliphatic heterocycles. The lowest BCUT2D eigenvalue weighted by atomic mass is 10.2. The first-order chi connectivity index (χ1) is 10.3. The molecule has 106 valence electrons. The molecule has 0 aliphatic carbocycles. The van der Waals surface area contributed by atoms with Crippen molar-refractivity contribution in [2.75, 3.05) is 5.75 Å². The Morgan fingerprint density at radius 2 is 2.00 bits per heavy atom. The maximum Gasteiger partial charge on any atom is 0.173 e. The molecule has 1 aromatic carbocycles. The van der Waals surface area contributed by atoms with Crippen LogP contribution < -0.4 is 5.43 Å². The van der Waals surface area contributed by atoms with Crippen molar-refractivity contribution in [3.63, 3.8) is 0 Å². The summed E-state index contributed by atoms with van der Waals surface area (Å²) in [6, 6.07) is 15.1. The molecule has 1 atom stereocenters. The van der Waals surface area contributed by atoms with Crippen molar-refractivity contribution in [2.45, 2.75) is 5.37 Å². The first kappa shape index (κ1) is 14.2. The van der Waals surface area contributed by atoms with Crippen molar-refractivity contribution < 1.29 is 4.79 Å². The van der Waals surface area contributed by atoms with Gasteiger partial charge in [0.15, 0.2) is 10.2 Å². The largest absolute Gasteiger partial charge is 0.293 e. The number of carbonyl (C=O) groups excluding carboxylic acids is 1. The molecule has 1 aliphatic rings. The molecule has 0 fully saturated rings. The maximum atomic E-state index is 12.0. The Hall–Kier alpha value is -1.79. The van der Waals surface area contributed by atoms with Gasteiger partial charge in [-0.25, -0.2) is 0 Å². The van der Waals surface area contributed by atoms with Crippen molar-refractivity contribution in [3.05, 3.63) is 66.0 Å². The number of hydrazone groups is 1. The van der Waals surface area contributed by atoms with Crippen molar-refractivity contribution in [3.8, 4) is 0 Å². The lowest BCUT2D eigenvalue weighted by molar-refractivity contribution is 0.102. The van der Waals surface area contributed by atoms with Crippen LogP contribution in [0.4, 0.5) is 0 Å². The van der Waals surface area contributed by atoms with Crippen LogP contribution in [0.2, 0.25) is 0 Å². The quantitative estimate of drug-likeness (QED) is 0.877.